The molecule has 7 nitrogen and oxygen atoms in total. The third-order valence-electron chi connectivity index (χ3n) is 4.97. The molecule has 0 aliphatic carbocycles. The van der Waals surface area contributed by atoms with Gasteiger partial charge in [0.05, 0.1) is 18.5 Å². The first kappa shape index (κ1) is 17.8. The number of H-pyrrole nitrogens is 1. The van der Waals surface area contributed by atoms with E-state index in [4.69, 9.17) is 11.6 Å². The van der Waals surface area contributed by atoms with Crippen LogP contribution >= 0.6 is 11.6 Å². The number of aliphatic imine (C=N–C) groups is 2. The minimum Gasteiger partial charge on any atom is -0.382 e. The summed E-state index contributed by atoms with van der Waals surface area (Å²) in [4.78, 5) is 16.8. The monoisotopic (exact) mass is 404 g/mol. The van der Waals surface area contributed by atoms with Gasteiger partial charge in [-0.3, -0.25) is 9.67 Å². The molecule has 0 spiro atoms. The SMILES string of the molecule is Cn1cc(-c2cnc3[nH]cc(C4=NCC(C(O)c5ccccc5Cl)=N4)c3c2)cn1. The van der Waals surface area contributed by atoms with Crippen molar-refractivity contribution in [2.24, 2.45) is 17.0 Å². The number of benzene rings is 1. The Morgan fingerprint density at radius 3 is 2.86 bits per heavy atom. The standard InChI is InChI=1S/C21H17ClN6O/c1-28-11-13(8-26-28)12-6-15-16(9-24-20(15)23-7-12)21-25-10-18(27-21)19(29)14-4-2-3-5-17(14)22/h2-9,11,19,29H,10H2,1H3,(H,23,24). The van der Waals surface area contributed by atoms with Gasteiger partial charge in [0.15, 0.2) is 5.84 Å². The van der Waals surface area contributed by atoms with Gasteiger partial charge in [-0.15, -0.1) is 0 Å². The molecule has 1 aliphatic heterocycles. The van der Waals surface area contributed by atoms with Gasteiger partial charge in [-0.2, -0.15) is 5.10 Å². The van der Waals surface area contributed by atoms with Gasteiger partial charge in [0.25, 0.3) is 0 Å². The molecule has 0 amide bonds. The van der Waals surface area contributed by atoms with E-state index in [2.05, 4.69) is 25.1 Å². The Balaban J connectivity index is 1.50. The molecule has 1 unspecified atom stereocenters. The Morgan fingerprint density at radius 1 is 1.21 bits per heavy atom. The Hall–Kier alpha value is -3.29. The van der Waals surface area contributed by atoms with E-state index in [1.165, 1.54) is 0 Å². The molecule has 1 aromatic carbocycles. The molecular formula is C21H17ClN6O. The number of halogens is 1. The van der Waals surface area contributed by atoms with E-state index in [9.17, 15) is 5.11 Å². The molecule has 0 fully saturated rings. The van der Waals surface area contributed by atoms with Crippen molar-refractivity contribution >= 4 is 34.2 Å². The van der Waals surface area contributed by atoms with Crippen molar-refractivity contribution in [3.63, 3.8) is 0 Å². The molecule has 5 rings (SSSR count). The molecule has 29 heavy (non-hydrogen) atoms. The number of nitrogens with zero attached hydrogens (tertiary/aromatic N) is 5. The molecule has 1 atom stereocenters. The fourth-order valence-corrected chi connectivity index (χ4v) is 3.69. The number of aromatic amines is 1. The lowest BCUT2D eigenvalue weighted by atomic mass is 10.1. The van der Waals surface area contributed by atoms with Crippen LogP contribution in [0.3, 0.4) is 0 Å². The fourth-order valence-electron chi connectivity index (χ4n) is 3.45. The minimum atomic E-state index is -0.890. The maximum atomic E-state index is 10.7. The first-order chi connectivity index (χ1) is 14.1. The number of fused-ring (bicyclic) bond motifs is 1. The van der Waals surface area contributed by atoms with E-state index in [0.717, 1.165) is 27.7 Å². The van der Waals surface area contributed by atoms with E-state index in [-0.39, 0.29) is 0 Å². The minimum absolute atomic E-state index is 0.324. The van der Waals surface area contributed by atoms with Crippen LogP contribution in [0.2, 0.25) is 5.02 Å². The molecular weight excluding hydrogens is 388 g/mol. The van der Waals surface area contributed by atoms with E-state index in [1.54, 1.807) is 23.0 Å². The summed E-state index contributed by atoms with van der Waals surface area (Å²) >= 11 is 6.22. The van der Waals surface area contributed by atoms with E-state index in [1.807, 2.05) is 43.8 Å². The zero-order valence-corrected chi connectivity index (χ0v) is 16.3. The highest BCUT2D eigenvalue weighted by atomic mass is 35.5. The maximum Gasteiger partial charge on any atom is 0.157 e. The lowest BCUT2D eigenvalue weighted by Crippen LogP contribution is -2.13. The van der Waals surface area contributed by atoms with Gasteiger partial charge in [-0.05, 0) is 12.1 Å². The Kier molecular flexibility index (Phi) is 4.26. The predicted octanol–water partition coefficient (Wildman–Crippen LogP) is 3.55. The summed E-state index contributed by atoms with van der Waals surface area (Å²) in [6, 6.07) is 9.26. The Morgan fingerprint density at radius 2 is 2.07 bits per heavy atom. The second-order valence-corrected chi connectivity index (χ2v) is 7.30. The molecule has 144 valence electrons. The summed E-state index contributed by atoms with van der Waals surface area (Å²) in [5.74, 6) is 0.572. The summed E-state index contributed by atoms with van der Waals surface area (Å²) < 4.78 is 1.76. The van der Waals surface area contributed by atoms with Gasteiger partial charge in [0.1, 0.15) is 11.8 Å². The van der Waals surface area contributed by atoms with Gasteiger partial charge < -0.3 is 10.1 Å². The third-order valence-corrected chi connectivity index (χ3v) is 5.31. The number of nitrogens with one attached hydrogen (secondary N) is 1. The highest BCUT2D eigenvalue weighted by Gasteiger charge is 2.23. The third kappa shape index (κ3) is 3.14. The Labute approximate surface area is 171 Å². The summed E-state index contributed by atoms with van der Waals surface area (Å²) in [5.41, 5.74) is 4.75. The van der Waals surface area contributed by atoms with Crippen molar-refractivity contribution in [1.82, 2.24) is 19.7 Å². The van der Waals surface area contributed by atoms with Crippen molar-refractivity contribution < 1.29 is 5.11 Å². The molecule has 4 aromatic rings. The number of rotatable bonds is 4. The topological polar surface area (TPSA) is 91.5 Å². The summed E-state index contributed by atoms with van der Waals surface area (Å²) in [6.07, 6.45) is 6.51. The number of aliphatic hydroxyl groups is 1. The summed E-state index contributed by atoms with van der Waals surface area (Å²) in [7, 11) is 1.88. The van der Waals surface area contributed by atoms with Gasteiger partial charge >= 0.3 is 0 Å². The molecule has 0 radical (unpaired) electrons. The molecule has 0 bridgehead atoms. The van der Waals surface area contributed by atoms with E-state index in [0.29, 0.717) is 28.7 Å². The molecule has 4 heterocycles. The predicted molar refractivity (Wildman–Crippen MR) is 114 cm³/mol. The second kappa shape index (κ2) is 6.95. The highest BCUT2D eigenvalue weighted by molar-refractivity contribution is 6.31. The number of pyridine rings is 1. The van der Waals surface area contributed by atoms with Crippen LogP contribution in [-0.4, -0.2) is 42.9 Å². The van der Waals surface area contributed by atoms with Crippen molar-refractivity contribution in [3.8, 4) is 11.1 Å². The average molecular weight is 405 g/mol. The first-order valence-electron chi connectivity index (χ1n) is 9.11. The Bertz CT molecular complexity index is 1290. The van der Waals surface area contributed by atoms with Crippen LogP contribution in [0.15, 0.2) is 65.1 Å². The van der Waals surface area contributed by atoms with Crippen LogP contribution in [0, 0.1) is 0 Å². The van der Waals surface area contributed by atoms with Crippen molar-refractivity contribution in [3.05, 3.63) is 71.3 Å². The summed E-state index contributed by atoms with van der Waals surface area (Å²) in [6.45, 7) is 0.324. The molecule has 8 heteroatoms. The summed E-state index contributed by atoms with van der Waals surface area (Å²) in [5, 5.41) is 16.4. The van der Waals surface area contributed by atoms with E-state index >= 15 is 0 Å². The van der Waals surface area contributed by atoms with Crippen molar-refractivity contribution in [2.45, 2.75) is 6.10 Å². The number of hydrogen-bond donors (Lipinski definition) is 2. The fraction of sp³-hybridized carbons (Fsp3) is 0.143. The van der Waals surface area contributed by atoms with E-state index < -0.39 is 6.10 Å². The average Bonchev–Trinajstić information content (AvgIpc) is 3.46. The normalized spacial score (nSPS) is 14.9. The number of amidine groups is 1. The quantitative estimate of drug-likeness (QED) is 0.544. The van der Waals surface area contributed by atoms with Crippen LogP contribution in [0.4, 0.5) is 0 Å². The van der Waals surface area contributed by atoms with Gasteiger partial charge in [-0.1, -0.05) is 29.8 Å². The smallest absolute Gasteiger partial charge is 0.157 e. The van der Waals surface area contributed by atoms with Gasteiger partial charge in [0.2, 0.25) is 0 Å². The lowest BCUT2D eigenvalue weighted by Gasteiger charge is -2.11. The number of hydrogen-bond acceptors (Lipinski definition) is 5. The highest BCUT2D eigenvalue weighted by Crippen LogP contribution is 2.28. The molecule has 0 saturated heterocycles. The number of aliphatic hydroxyl groups excluding tert-OH is 1. The molecule has 0 saturated carbocycles. The van der Waals surface area contributed by atoms with Gasteiger partial charge in [-0.25, -0.2) is 9.98 Å². The zero-order chi connectivity index (χ0) is 20.0. The largest absolute Gasteiger partial charge is 0.382 e. The van der Waals surface area contributed by atoms with Crippen LogP contribution in [0.25, 0.3) is 22.2 Å². The van der Waals surface area contributed by atoms with Gasteiger partial charge in [0, 0.05) is 58.3 Å². The van der Waals surface area contributed by atoms with Crippen LogP contribution < -0.4 is 0 Å². The number of aryl methyl sites for hydroxylation is 1. The first-order valence-corrected chi connectivity index (χ1v) is 9.49. The van der Waals surface area contributed by atoms with Crippen LogP contribution in [0.1, 0.15) is 17.2 Å². The van der Waals surface area contributed by atoms with Crippen molar-refractivity contribution in [1.29, 1.82) is 0 Å². The van der Waals surface area contributed by atoms with Crippen LogP contribution in [-0.2, 0) is 7.05 Å². The lowest BCUT2D eigenvalue weighted by molar-refractivity contribution is 0.246. The second-order valence-electron chi connectivity index (χ2n) is 6.89. The van der Waals surface area contributed by atoms with Crippen LogP contribution in [0.5, 0.6) is 0 Å². The number of aromatic nitrogens is 4. The molecule has 3 aromatic heterocycles. The van der Waals surface area contributed by atoms with Crippen molar-refractivity contribution in [2.75, 3.05) is 6.54 Å². The zero-order valence-electron chi connectivity index (χ0n) is 15.5. The maximum absolute atomic E-state index is 10.7. The molecule has 1 aliphatic rings. The molecule has 2 N–H and O–H groups in total.